The van der Waals surface area contributed by atoms with E-state index in [0.717, 1.165) is 12.1 Å². The van der Waals surface area contributed by atoms with E-state index in [0.29, 0.717) is 32.0 Å². The second-order valence-corrected chi connectivity index (χ2v) is 6.94. The van der Waals surface area contributed by atoms with Crippen LogP contribution in [0.3, 0.4) is 0 Å². The predicted octanol–water partition coefficient (Wildman–Crippen LogP) is 3.92. The Hall–Kier alpha value is -1.07. The summed E-state index contributed by atoms with van der Waals surface area (Å²) < 4.78 is 40.6. The Morgan fingerprint density at radius 3 is 2.38 bits per heavy atom. The van der Waals surface area contributed by atoms with Crippen molar-refractivity contribution in [1.82, 2.24) is 15.5 Å². The smallest absolute Gasteiger partial charge is 0.372 e. The summed E-state index contributed by atoms with van der Waals surface area (Å²) in [6.45, 7) is 5.96. The maximum Gasteiger partial charge on any atom is 0.411 e. The zero-order valence-corrected chi connectivity index (χ0v) is 19.3. The van der Waals surface area contributed by atoms with E-state index in [-0.39, 0.29) is 30.6 Å². The molecule has 1 heterocycles. The lowest BCUT2D eigenvalue weighted by Gasteiger charge is -2.14. The monoisotopic (exact) mass is 528 g/mol. The van der Waals surface area contributed by atoms with Crippen molar-refractivity contribution in [1.29, 1.82) is 0 Å². The summed E-state index contributed by atoms with van der Waals surface area (Å²) in [5, 5.41) is 6.26. The van der Waals surface area contributed by atoms with Crippen molar-refractivity contribution in [3.8, 4) is 0 Å². The highest BCUT2D eigenvalue weighted by atomic mass is 127. The van der Waals surface area contributed by atoms with Crippen LogP contribution in [0.1, 0.15) is 37.3 Å². The number of benzene rings is 1. The second-order valence-electron chi connectivity index (χ2n) is 6.94. The molecule has 1 saturated heterocycles. The fraction of sp³-hybridized carbons (Fsp3) is 0.650. The van der Waals surface area contributed by atoms with Crippen LogP contribution in [0, 0.1) is 0 Å². The largest absolute Gasteiger partial charge is 0.411 e. The Bertz CT molecular complexity index is 590. The standard InChI is InChI=1S/C20H31F3N4O.HI/c1-2-24-19(25-10-5-13-28-16-20(21,22)23)26-14-17-6-8-18(9-7-17)15-27-11-3-4-12-27;/h6-9H,2-5,10-16H2,1H3,(H2,24,25,26);1H. The van der Waals surface area contributed by atoms with Gasteiger partial charge in [0.1, 0.15) is 6.61 Å². The zero-order valence-electron chi connectivity index (χ0n) is 16.9. The van der Waals surface area contributed by atoms with E-state index in [4.69, 9.17) is 0 Å². The molecule has 0 aliphatic carbocycles. The summed E-state index contributed by atoms with van der Waals surface area (Å²) in [4.78, 5) is 7.01. The minimum Gasteiger partial charge on any atom is -0.372 e. The molecule has 1 fully saturated rings. The van der Waals surface area contributed by atoms with Gasteiger partial charge in [-0.3, -0.25) is 4.90 Å². The highest BCUT2D eigenvalue weighted by Gasteiger charge is 2.27. The number of likely N-dealkylation sites (tertiary alicyclic amines) is 1. The first kappa shape index (κ1) is 26.0. The van der Waals surface area contributed by atoms with Crippen molar-refractivity contribution in [3.63, 3.8) is 0 Å². The molecule has 1 aliphatic rings. The van der Waals surface area contributed by atoms with Gasteiger partial charge in [0.2, 0.25) is 0 Å². The highest BCUT2D eigenvalue weighted by molar-refractivity contribution is 14.0. The van der Waals surface area contributed by atoms with Crippen molar-refractivity contribution in [2.45, 2.75) is 45.5 Å². The normalized spacial score (nSPS) is 15.2. The van der Waals surface area contributed by atoms with Gasteiger partial charge < -0.3 is 15.4 Å². The van der Waals surface area contributed by atoms with Crippen LogP contribution in [0.4, 0.5) is 13.2 Å². The molecule has 0 amide bonds. The van der Waals surface area contributed by atoms with Gasteiger partial charge in [0.25, 0.3) is 0 Å². The van der Waals surface area contributed by atoms with Gasteiger partial charge in [-0.2, -0.15) is 13.2 Å². The van der Waals surface area contributed by atoms with Gasteiger partial charge in [-0.15, -0.1) is 24.0 Å². The molecule has 0 saturated carbocycles. The topological polar surface area (TPSA) is 48.9 Å². The number of ether oxygens (including phenoxy) is 1. The molecular weight excluding hydrogens is 496 g/mol. The molecular formula is C20H32F3IN4O. The molecule has 1 aliphatic heterocycles. The molecule has 2 rings (SSSR count). The number of nitrogens with one attached hydrogen (secondary N) is 2. The number of hydrogen-bond acceptors (Lipinski definition) is 3. The van der Waals surface area contributed by atoms with E-state index in [1.807, 2.05) is 6.92 Å². The van der Waals surface area contributed by atoms with E-state index in [2.05, 4.69) is 49.5 Å². The van der Waals surface area contributed by atoms with Gasteiger partial charge >= 0.3 is 6.18 Å². The van der Waals surface area contributed by atoms with Crippen molar-refractivity contribution in [2.24, 2.45) is 4.99 Å². The summed E-state index contributed by atoms with van der Waals surface area (Å²) >= 11 is 0. The summed E-state index contributed by atoms with van der Waals surface area (Å²) in [6.07, 6.45) is -1.21. The van der Waals surface area contributed by atoms with Crippen LogP contribution in [-0.4, -0.2) is 56.4 Å². The summed E-state index contributed by atoms with van der Waals surface area (Å²) in [7, 11) is 0. The first-order valence-corrected chi connectivity index (χ1v) is 9.93. The third kappa shape index (κ3) is 11.6. The Labute approximate surface area is 188 Å². The van der Waals surface area contributed by atoms with Crippen molar-refractivity contribution in [3.05, 3.63) is 35.4 Å². The van der Waals surface area contributed by atoms with Crippen molar-refractivity contribution < 1.29 is 17.9 Å². The Balaban J connectivity index is 0.00000420. The molecule has 0 aromatic heterocycles. The molecule has 0 radical (unpaired) electrons. The lowest BCUT2D eigenvalue weighted by atomic mass is 10.1. The fourth-order valence-electron chi connectivity index (χ4n) is 3.03. The molecule has 9 heteroatoms. The summed E-state index contributed by atoms with van der Waals surface area (Å²) in [5.74, 6) is 0.652. The average Bonchev–Trinajstić information content (AvgIpc) is 3.16. The van der Waals surface area contributed by atoms with Gasteiger partial charge in [-0.1, -0.05) is 24.3 Å². The molecule has 166 valence electrons. The van der Waals surface area contributed by atoms with Crippen LogP contribution in [0.15, 0.2) is 29.3 Å². The number of nitrogens with zero attached hydrogens (tertiary/aromatic N) is 2. The van der Waals surface area contributed by atoms with E-state index in [1.165, 1.54) is 31.5 Å². The number of rotatable bonds is 10. The lowest BCUT2D eigenvalue weighted by molar-refractivity contribution is -0.173. The van der Waals surface area contributed by atoms with E-state index in [1.54, 1.807) is 0 Å². The van der Waals surface area contributed by atoms with Crippen molar-refractivity contribution in [2.75, 3.05) is 39.4 Å². The SMILES string of the molecule is CCNC(=NCc1ccc(CN2CCCC2)cc1)NCCCOCC(F)(F)F.I. The lowest BCUT2D eigenvalue weighted by Crippen LogP contribution is -2.38. The molecule has 1 aromatic rings. The Morgan fingerprint density at radius 2 is 1.76 bits per heavy atom. The first-order chi connectivity index (χ1) is 13.5. The Kier molecular flexibility index (Phi) is 12.6. The van der Waals surface area contributed by atoms with Crippen LogP contribution < -0.4 is 10.6 Å². The molecule has 1 aromatic carbocycles. The van der Waals surface area contributed by atoms with Crippen LogP contribution in [0.5, 0.6) is 0 Å². The molecule has 0 bridgehead atoms. The van der Waals surface area contributed by atoms with E-state index < -0.39 is 12.8 Å². The number of halogens is 4. The maximum absolute atomic E-state index is 12.0. The summed E-state index contributed by atoms with van der Waals surface area (Å²) in [6, 6.07) is 8.51. The van der Waals surface area contributed by atoms with Gasteiger partial charge in [0, 0.05) is 26.2 Å². The minimum atomic E-state index is -4.27. The van der Waals surface area contributed by atoms with Crippen LogP contribution >= 0.6 is 24.0 Å². The second kappa shape index (κ2) is 14.0. The molecule has 2 N–H and O–H groups in total. The van der Waals surface area contributed by atoms with E-state index in [9.17, 15) is 13.2 Å². The predicted molar refractivity (Wildman–Crippen MR) is 121 cm³/mol. The van der Waals surface area contributed by atoms with Crippen molar-refractivity contribution >= 4 is 29.9 Å². The van der Waals surface area contributed by atoms with Crippen LogP contribution in [-0.2, 0) is 17.8 Å². The quantitative estimate of drug-likeness (QED) is 0.209. The van der Waals surface area contributed by atoms with Gasteiger partial charge in [-0.25, -0.2) is 4.99 Å². The van der Waals surface area contributed by atoms with Gasteiger partial charge in [0.15, 0.2) is 5.96 Å². The van der Waals surface area contributed by atoms with Crippen LogP contribution in [0.25, 0.3) is 0 Å². The number of hydrogen-bond donors (Lipinski definition) is 2. The summed E-state index contributed by atoms with van der Waals surface area (Å²) in [5.41, 5.74) is 2.44. The van der Waals surface area contributed by atoms with E-state index >= 15 is 0 Å². The van der Waals surface area contributed by atoms with Crippen LogP contribution in [0.2, 0.25) is 0 Å². The Morgan fingerprint density at radius 1 is 1.10 bits per heavy atom. The zero-order chi connectivity index (χ0) is 20.2. The molecule has 5 nitrogen and oxygen atoms in total. The molecule has 0 spiro atoms. The maximum atomic E-state index is 12.0. The molecule has 0 atom stereocenters. The highest BCUT2D eigenvalue weighted by Crippen LogP contribution is 2.15. The van der Waals surface area contributed by atoms with Gasteiger partial charge in [0.05, 0.1) is 6.54 Å². The minimum absolute atomic E-state index is 0. The third-order valence-corrected chi connectivity index (χ3v) is 4.42. The van der Waals surface area contributed by atoms with Gasteiger partial charge in [-0.05, 0) is 50.4 Å². The fourth-order valence-corrected chi connectivity index (χ4v) is 3.03. The first-order valence-electron chi connectivity index (χ1n) is 9.93. The molecule has 29 heavy (non-hydrogen) atoms. The number of guanidine groups is 1. The molecule has 0 unspecified atom stereocenters. The average molecular weight is 528 g/mol. The number of alkyl halides is 3. The third-order valence-electron chi connectivity index (χ3n) is 4.42. The number of aliphatic imine (C=N–C) groups is 1.